The van der Waals surface area contributed by atoms with Crippen molar-refractivity contribution in [1.29, 1.82) is 0 Å². The van der Waals surface area contributed by atoms with E-state index in [1.54, 1.807) is 17.8 Å². The van der Waals surface area contributed by atoms with Crippen molar-refractivity contribution in [2.45, 2.75) is 20.4 Å². The summed E-state index contributed by atoms with van der Waals surface area (Å²) in [5, 5.41) is 4.09. The Balaban J connectivity index is 2.58. The first-order valence-electron chi connectivity index (χ1n) is 6.35. The van der Waals surface area contributed by atoms with Crippen LogP contribution in [0.15, 0.2) is 24.5 Å². The number of carbonyl (C=O) groups excluding carboxylic acids is 1. The lowest BCUT2D eigenvalue weighted by atomic mass is 10.0. The van der Waals surface area contributed by atoms with Crippen LogP contribution in [-0.4, -0.2) is 22.4 Å². The molecule has 0 radical (unpaired) electrons. The fourth-order valence-corrected chi connectivity index (χ4v) is 1.96. The van der Waals surface area contributed by atoms with Crippen molar-refractivity contribution in [2.75, 3.05) is 12.3 Å². The number of aryl methyl sites for hydroxylation is 1. The summed E-state index contributed by atoms with van der Waals surface area (Å²) in [4.78, 5) is 11.9. The number of rotatable bonds is 4. The molecule has 106 valence electrons. The third kappa shape index (κ3) is 2.64. The van der Waals surface area contributed by atoms with Gasteiger partial charge in [0.15, 0.2) is 0 Å². The van der Waals surface area contributed by atoms with Crippen LogP contribution >= 0.6 is 0 Å². The number of halogens is 1. The Kier molecular flexibility index (Phi) is 4.02. The number of nitrogens with zero attached hydrogens (tertiary/aromatic N) is 2. The maximum Gasteiger partial charge on any atom is 0.338 e. The lowest BCUT2D eigenvalue weighted by molar-refractivity contribution is 0.0527. The average Bonchev–Trinajstić information content (AvgIpc) is 2.86. The van der Waals surface area contributed by atoms with Crippen LogP contribution in [0.1, 0.15) is 24.2 Å². The zero-order chi connectivity index (χ0) is 14.7. The molecule has 2 aromatic rings. The molecule has 20 heavy (non-hydrogen) atoms. The van der Waals surface area contributed by atoms with Gasteiger partial charge in [0.05, 0.1) is 18.4 Å². The van der Waals surface area contributed by atoms with E-state index in [-0.39, 0.29) is 23.4 Å². The van der Waals surface area contributed by atoms with Crippen molar-refractivity contribution < 1.29 is 13.9 Å². The number of ether oxygens (including phenoxy) is 1. The van der Waals surface area contributed by atoms with Gasteiger partial charge in [0, 0.05) is 29.6 Å². The predicted octanol–water partition coefficient (Wildman–Crippen LogP) is 2.47. The molecule has 0 aliphatic carbocycles. The van der Waals surface area contributed by atoms with Gasteiger partial charge in [0.1, 0.15) is 5.82 Å². The number of hydrogen-bond donors (Lipinski definition) is 1. The van der Waals surface area contributed by atoms with Crippen molar-refractivity contribution in [2.24, 2.45) is 0 Å². The summed E-state index contributed by atoms with van der Waals surface area (Å²) in [6.45, 7) is 4.48. The number of nitrogen functional groups attached to an aromatic ring is 1. The summed E-state index contributed by atoms with van der Waals surface area (Å²) in [7, 11) is 0. The van der Waals surface area contributed by atoms with Crippen molar-refractivity contribution in [1.82, 2.24) is 9.78 Å². The minimum absolute atomic E-state index is 0.111. The van der Waals surface area contributed by atoms with Gasteiger partial charge in [-0.15, -0.1) is 0 Å². The summed E-state index contributed by atoms with van der Waals surface area (Å²) in [6.07, 6.45) is 3.19. The molecule has 6 heteroatoms. The fraction of sp³-hybridized carbons (Fsp3) is 0.286. The smallest absolute Gasteiger partial charge is 0.338 e. The Hall–Kier alpha value is -2.37. The molecule has 2 N–H and O–H groups in total. The van der Waals surface area contributed by atoms with E-state index in [2.05, 4.69) is 5.10 Å². The summed E-state index contributed by atoms with van der Waals surface area (Å²) < 4.78 is 20.8. The fourth-order valence-electron chi connectivity index (χ4n) is 1.96. The molecule has 0 aliphatic rings. The van der Waals surface area contributed by atoms with Gasteiger partial charge in [-0.3, -0.25) is 4.68 Å². The van der Waals surface area contributed by atoms with Gasteiger partial charge in [0.2, 0.25) is 0 Å². The molecule has 0 fully saturated rings. The van der Waals surface area contributed by atoms with Crippen molar-refractivity contribution in [3.63, 3.8) is 0 Å². The zero-order valence-corrected chi connectivity index (χ0v) is 11.4. The predicted molar refractivity (Wildman–Crippen MR) is 73.7 cm³/mol. The number of nitrogens with two attached hydrogens (primary N) is 1. The monoisotopic (exact) mass is 277 g/mol. The molecule has 5 nitrogen and oxygen atoms in total. The van der Waals surface area contributed by atoms with Crippen LogP contribution in [0.4, 0.5) is 10.1 Å². The highest BCUT2D eigenvalue weighted by molar-refractivity contribution is 5.98. The van der Waals surface area contributed by atoms with Gasteiger partial charge in [-0.2, -0.15) is 5.10 Å². The molecule has 1 aromatic carbocycles. The molecule has 0 aliphatic heterocycles. The summed E-state index contributed by atoms with van der Waals surface area (Å²) >= 11 is 0. The molecule has 0 bridgehead atoms. The highest BCUT2D eigenvalue weighted by Gasteiger charge is 2.20. The summed E-state index contributed by atoms with van der Waals surface area (Å²) in [6, 6.07) is 2.60. The quantitative estimate of drug-likeness (QED) is 0.688. The van der Waals surface area contributed by atoms with Crippen molar-refractivity contribution in [3.8, 4) is 11.1 Å². The number of benzene rings is 1. The van der Waals surface area contributed by atoms with Crippen LogP contribution in [0, 0.1) is 5.82 Å². The number of aromatic nitrogens is 2. The van der Waals surface area contributed by atoms with Crippen LogP contribution in [0.3, 0.4) is 0 Å². The number of anilines is 1. The van der Waals surface area contributed by atoms with E-state index in [9.17, 15) is 9.18 Å². The maximum atomic E-state index is 14.2. The van der Waals surface area contributed by atoms with E-state index in [1.165, 1.54) is 18.3 Å². The van der Waals surface area contributed by atoms with E-state index >= 15 is 0 Å². The van der Waals surface area contributed by atoms with Crippen LogP contribution in [0.25, 0.3) is 11.1 Å². The topological polar surface area (TPSA) is 70.1 Å². The Bertz CT molecular complexity index is 637. The van der Waals surface area contributed by atoms with Crippen LogP contribution in [-0.2, 0) is 11.3 Å². The Morgan fingerprint density at radius 1 is 1.45 bits per heavy atom. The zero-order valence-electron chi connectivity index (χ0n) is 11.4. The van der Waals surface area contributed by atoms with E-state index < -0.39 is 11.8 Å². The molecule has 0 atom stereocenters. The summed E-state index contributed by atoms with van der Waals surface area (Å²) in [5.41, 5.74) is 6.58. The second-order valence-electron chi connectivity index (χ2n) is 4.23. The van der Waals surface area contributed by atoms with Crippen LogP contribution < -0.4 is 5.73 Å². The standard InChI is InChI=1S/C14H16FN3O2/c1-3-18-8-9(7-17-18)13-11(14(19)20-4-2)5-10(16)6-12(13)15/h5-8H,3-4,16H2,1-2H3. The second kappa shape index (κ2) is 5.73. The minimum atomic E-state index is -0.599. The van der Waals surface area contributed by atoms with Gasteiger partial charge in [0.25, 0.3) is 0 Å². The third-order valence-corrected chi connectivity index (χ3v) is 2.85. The molecular weight excluding hydrogens is 261 g/mol. The molecule has 0 amide bonds. The van der Waals surface area contributed by atoms with Gasteiger partial charge in [-0.05, 0) is 26.0 Å². The molecule has 2 rings (SSSR count). The normalized spacial score (nSPS) is 10.6. The lowest BCUT2D eigenvalue weighted by Gasteiger charge is -2.09. The second-order valence-corrected chi connectivity index (χ2v) is 4.23. The van der Waals surface area contributed by atoms with E-state index in [1.807, 2.05) is 6.92 Å². The van der Waals surface area contributed by atoms with Crippen LogP contribution in [0.5, 0.6) is 0 Å². The first-order valence-corrected chi connectivity index (χ1v) is 6.35. The van der Waals surface area contributed by atoms with Gasteiger partial charge >= 0.3 is 5.97 Å². The van der Waals surface area contributed by atoms with Crippen molar-refractivity contribution >= 4 is 11.7 Å². The molecule has 0 saturated carbocycles. The van der Waals surface area contributed by atoms with E-state index in [4.69, 9.17) is 10.5 Å². The molecule has 1 aromatic heterocycles. The van der Waals surface area contributed by atoms with Crippen LogP contribution in [0.2, 0.25) is 0 Å². The van der Waals surface area contributed by atoms with Gasteiger partial charge in [-0.1, -0.05) is 0 Å². The number of esters is 1. The first-order chi connectivity index (χ1) is 9.56. The average molecular weight is 277 g/mol. The van der Waals surface area contributed by atoms with Gasteiger partial charge in [-0.25, -0.2) is 9.18 Å². The third-order valence-electron chi connectivity index (χ3n) is 2.85. The summed E-state index contributed by atoms with van der Waals surface area (Å²) in [5.74, 6) is -1.17. The number of hydrogen-bond acceptors (Lipinski definition) is 4. The largest absolute Gasteiger partial charge is 0.462 e. The number of carbonyl (C=O) groups is 1. The Morgan fingerprint density at radius 3 is 2.80 bits per heavy atom. The highest BCUT2D eigenvalue weighted by Crippen LogP contribution is 2.29. The van der Waals surface area contributed by atoms with E-state index in [0.717, 1.165) is 0 Å². The molecule has 1 heterocycles. The van der Waals surface area contributed by atoms with E-state index in [0.29, 0.717) is 12.1 Å². The lowest BCUT2D eigenvalue weighted by Crippen LogP contribution is -2.08. The molecule has 0 spiro atoms. The Morgan fingerprint density at radius 2 is 2.20 bits per heavy atom. The molecule has 0 saturated heterocycles. The first kappa shape index (κ1) is 14.0. The highest BCUT2D eigenvalue weighted by atomic mass is 19.1. The molecular formula is C14H16FN3O2. The minimum Gasteiger partial charge on any atom is -0.462 e. The van der Waals surface area contributed by atoms with Crippen molar-refractivity contribution in [3.05, 3.63) is 35.9 Å². The van der Waals surface area contributed by atoms with Gasteiger partial charge < -0.3 is 10.5 Å². The Labute approximate surface area is 116 Å². The molecule has 0 unspecified atom stereocenters. The SMILES string of the molecule is CCOC(=O)c1cc(N)cc(F)c1-c1cnn(CC)c1. The maximum absolute atomic E-state index is 14.2.